The molecular weight excluding hydrogens is 406 g/mol. The Morgan fingerprint density at radius 2 is 1.50 bits per heavy atom. The fraction of sp³-hybridized carbons (Fsp3) is 0.0769. The highest BCUT2D eigenvalue weighted by molar-refractivity contribution is 5.91. The number of hydrogen-bond acceptors (Lipinski definition) is 4. The average molecular weight is 427 g/mol. The Labute approximate surface area is 184 Å². The maximum Gasteiger partial charge on any atom is 0.341 e. The van der Waals surface area contributed by atoms with Crippen LogP contribution in [0.4, 0.5) is 0 Å². The molecule has 1 heterocycles. The Kier molecular flexibility index (Phi) is 6.03. The van der Waals surface area contributed by atoms with Crippen LogP contribution in [0.25, 0.3) is 22.4 Å². The third-order valence-corrected chi connectivity index (χ3v) is 5.06. The molecule has 0 radical (unpaired) electrons. The number of rotatable bonds is 7. The highest BCUT2D eigenvalue weighted by atomic mass is 16.5. The lowest BCUT2D eigenvalue weighted by Crippen LogP contribution is -2.18. The zero-order chi connectivity index (χ0) is 22.5. The summed E-state index contributed by atoms with van der Waals surface area (Å²) in [6, 6.07) is 25.8. The van der Waals surface area contributed by atoms with E-state index in [1.165, 1.54) is 6.07 Å². The van der Waals surface area contributed by atoms with Gasteiger partial charge in [-0.2, -0.15) is 0 Å². The van der Waals surface area contributed by atoms with E-state index < -0.39 is 11.5 Å². The molecule has 6 nitrogen and oxygen atoms in total. The minimum Gasteiger partial charge on any atom is -0.497 e. The van der Waals surface area contributed by atoms with E-state index in [2.05, 4.69) is 4.98 Å². The van der Waals surface area contributed by atoms with Crippen molar-refractivity contribution in [3.05, 3.63) is 106 Å². The van der Waals surface area contributed by atoms with Crippen LogP contribution >= 0.6 is 0 Å². The number of ether oxygens (including phenoxy) is 2. The van der Waals surface area contributed by atoms with E-state index in [9.17, 15) is 14.7 Å². The van der Waals surface area contributed by atoms with Crippen LogP contribution in [0.3, 0.4) is 0 Å². The molecule has 4 aromatic rings. The van der Waals surface area contributed by atoms with Gasteiger partial charge in [0.15, 0.2) is 0 Å². The summed E-state index contributed by atoms with van der Waals surface area (Å²) in [5.41, 5.74) is 2.70. The van der Waals surface area contributed by atoms with Crippen molar-refractivity contribution in [3.8, 4) is 33.9 Å². The first kappa shape index (κ1) is 20.9. The Bertz CT molecular complexity index is 1280. The summed E-state index contributed by atoms with van der Waals surface area (Å²) in [6.45, 7) is 0.444. The van der Waals surface area contributed by atoms with Gasteiger partial charge in [-0.05, 0) is 59.2 Å². The van der Waals surface area contributed by atoms with Crippen LogP contribution in [0.15, 0.2) is 89.7 Å². The van der Waals surface area contributed by atoms with Crippen molar-refractivity contribution < 1.29 is 19.4 Å². The van der Waals surface area contributed by atoms with Crippen LogP contribution in [0, 0.1) is 0 Å². The van der Waals surface area contributed by atoms with Gasteiger partial charge < -0.3 is 19.6 Å². The largest absolute Gasteiger partial charge is 0.497 e. The lowest BCUT2D eigenvalue weighted by Gasteiger charge is -2.13. The van der Waals surface area contributed by atoms with Crippen molar-refractivity contribution in [1.82, 2.24) is 4.98 Å². The molecule has 3 aromatic carbocycles. The van der Waals surface area contributed by atoms with Gasteiger partial charge in [-0.25, -0.2) is 4.79 Å². The van der Waals surface area contributed by atoms with E-state index in [1.54, 1.807) is 19.2 Å². The maximum absolute atomic E-state index is 12.4. The molecule has 0 unspecified atom stereocenters. The Morgan fingerprint density at radius 3 is 2.12 bits per heavy atom. The molecule has 6 heteroatoms. The molecule has 0 aliphatic carbocycles. The van der Waals surface area contributed by atoms with Gasteiger partial charge in [0.25, 0.3) is 5.56 Å². The van der Waals surface area contributed by atoms with E-state index in [0.29, 0.717) is 29.4 Å². The number of carboxylic acid groups (broad SMARTS) is 1. The molecule has 2 N–H and O–H groups in total. The summed E-state index contributed by atoms with van der Waals surface area (Å²) >= 11 is 0. The Balaban J connectivity index is 1.69. The number of carbonyl (C=O) groups is 1. The zero-order valence-corrected chi connectivity index (χ0v) is 17.4. The second kappa shape index (κ2) is 9.22. The van der Waals surface area contributed by atoms with Crippen molar-refractivity contribution in [3.63, 3.8) is 0 Å². The number of nitrogens with one attached hydrogen (secondary N) is 1. The number of aromatic carboxylic acids is 1. The summed E-state index contributed by atoms with van der Waals surface area (Å²) < 4.78 is 11.0. The number of aromatic nitrogens is 1. The number of aromatic amines is 1. The van der Waals surface area contributed by atoms with Crippen molar-refractivity contribution in [1.29, 1.82) is 0 Å². The number of benzene rings is 3. The molecule has 0 atom stereocenters. The van der Waals surface area contributed by atoms with Gasteiger partial charge in [0.05, 0.1) is 12.8 Å². The van der Waals surface area contributed by atoms with Crippen LogP contribution in [0.2, 0.25) is 0 Å². The van der Waals surface area contributed by atoms with Gasteiger partial charge in [-0.15, -0.1) is 0 Å². The zero-order valence-electron chi connectivity index (χ0n) is 17.4. The smallest absolute Gasteiger partial charge is 0.341 e. The van der Waals surface area contributed by atoms with Gasteiger partial charge in [0.1, 0.15) is 23.7 Å². The molecule has 4 rings (SSSR count). The normalized spacial score (nSPS) is 10.5. The molecule has 0 aliphatic heterocycles. The third-order valence-electron chi connectivity index (χ3n) is 5.06. The molecule has 1 aromatic heterocycles. The van der Waals surface area contributed by atoms with Gasteiger partial charge in [-0.3, -0.25) is 4.79 Å². The predicted octanol–water partition coefficient (Wildman–Crippen LogP) is 4.99. The molecule has 160 valence electrons. The van der Waals surface area contributed by atoms with Gasteiger partial charge in [-0.1, -0.05) is 42.5 Å². The number of hydrogen-bond donors (Lipinski definition) is 2. The number of pyridine rings is 1. The second-order valence-electron chi connectivity index (χ2n) is 7.13. The molecule has 0 aliphatic rings. The minimum atomic E-state index is -1.28. The van der Waals surface area contributed by atoms with Gasteiger partial charge in [0, 0.05) is 5.56 Å². The quantitative estimate of drug-likeness (QED) is 0.434. The number of carboxylic acids is 1. The standard InChI is InChI=1S/C26H21NO5/c1-31-20-11-9-19(10-12-20)24-22(15-23(26(29)30)25(28)27-24)18-7-13-21(14-8-18)32-16-17-5-3-2-4-6-17/h2-15H,16H2,1H3,(H,27,28)(H,29,30). The van der Waals surface area contributed by atoms with Crippen molar-refractivity contribution in [2.24, 2.45) is 0 Å². The van der Waals surface area contributed by atoms with E-state index >= 15 is 0 Å². The van der Waals surface area contributed by atoms with Crippen LogP contribution in [0.5, 0.6) is 11.5 Å². The van der Waals surface area contributed by atoms with Crippen LogP contribution in [0.1, 0.15) is 15.9 Å². The molecule has 0 saturated carbocycles. The van der Waals surface area contributed by atoms with Crippen molar-refractivity contribution in [2.45, 2.75) is 6.61 Å². The molecule has 0 fully saturated rings. The summed E-state index contributed by atoms with van der Waals surface area (Å²) in [5.74, 6) is 0.0859. The first-order valence-electron chi connectivity index (χ1n) is 9.97. The first-order chi connectivity index (χ1) is 15.5. The first-order valence-corrected chi connectivity index (χ1v) is 9.97. The van der Waals surface area contributed by atoms with Crippen molar-refractivity contribution >= 4 is 5.97 Å². The molecular formula is C26H21NO5. The monoisotopic (exact) mass is 427 g/mol. The predicted molar refractivity (Wildman–Crippen MR) is 122 cm³/mol. The van der Waals surface area contributed by atoms with Crippen LogP contribution in [-0.2, 0) is 6.61 Å². The lowest BCUT2D eigenvalue weighted by molar-refractivity contribution is 0.0695. The molecule has 0 bridgehead atoms. The molecule has 0 spiro atoms. The van der Waals surface area contributed by atoms with Crippen LogP contribution in [-0.4, -0.2) is 23.2 Å². The van der Waals surface area contributed by atoms with Crippen LogP contribution < -0.4 is 15.0 Å². The maximum atomic E-state index is 12.4. The minimum absolute atomic E-state index is 0.318. The number of methoxy groups -OCH3 is 1. The van der Waals surface area contributed by atoms with E-state index in [-0.39, 0.29) is 5.56 Å². The summed E-state index contributed by atoms with van der Waals surface area (Å²) in [4.78, 5) is 26.6. The molecule has 32 heavy (non-hydrogen) atoms. The van der Waals surface area contributed by atoms with Gasteiger partial charge >= 0.3 is 5.97 Å². The molecule has 0 amide bonds. The summed E-state index contributed by atoms with van der Waals surface area (Å²) in [6.07, 6.45) is 0. The van der Waals surface area contributed by atoms with Crippen molar-refractivity contribution in [2.75, 3.05) is 7.11 Å². The topological polar surface area (TPSA) is 88.6 Å². The SMILES string of the molecule is COc1ccc(-c2[nH]c(=O)c(C(=O)O)cc2-c2ccc(OCc3ccccc3)cc2)cc1. The Hall–Kier alpha value is -4.32. The highest BCUT2D eigenvalue weighted by Crippen LogP contribution is 2.32. The summed E-state index contributed by atoms with van der Waals surface area (Å²) in [5, 5.41) is 9.43. The second-order valence-corrected chi connectivity index (χ2v) is 7.13. The Morgan fingerprint density at radius 1 is 0.875 bits per heavy atom. The molecule has 0 saturated heterocycles. The lowest BCUT2D eigenvalue weighted by atomic mass is 9.97. The van der Waals surface area contributed by atoms with E-state index in [4.69, 9.17) is 9.47 Å². The average Bonchev–Trinajstić information content (AvgIpc) is 2.83. The number of H-pyrrole nitrogens is 1. The third kappa shape index (κ3) is 4.54. The fourth-order valence-electron chi connectivity index (χ4n) is 3.37. The van der Waals surface area contributed by atoms with E-state index in [0.717, 1.165) is 16.7 Å². The van der Waals surface area contributed by atoms with Gasteiger partial charge in [0.2, 0.25) is 0 Å². The fourth-order valence-corrected chi connectivity index (χ4v) is 3.37. The highest BCUT2D eigenvalue weighted by Gasteiger charge is 2.16. The van der Waals surface area contributed by atoms with E-state index in [1.807, 2.05) is 66.7 Å². The summed E-state index contributed by atoms with van der Waals surface area (Å²) in [7, 11) is 1.57.